The first-order valence-corrected chi connectivity index (χ1v) is 6.91. The first-order valence-electron chi connectivity index (χ1n) is 6.03. The molecule has 0 saturated heterocycles. The second-order valence-electron chi connectivity index (χ2n) is 5.40. The summed E-state index contributed by atoms with van der Waals surface area (Å²) in [5.41, 5.74) is 0.638. The van der Waals surface area contributed by atoms with E-state index in [1.165, 1.54) is 11.3 Å². The van der Waals surface area contributed by atoms with Crippen molar-refractivity contribution in [1.29, 1.82) is 0 Å². The number of thiazole rings is 1. The molecule has 2 aromatic rings. The van der Waals surface area contributed by atoms with Crippen LogP contribution in [0.5, 0.6) is 5.75 Å². The van der Waals surface area contributed by atoms with Crippen LogP contribution in [-0.4, -0.2) is 16.0 Å². The highest BCUT2D eigenvalue weighted by Crippen LogP contribution is 2.27. The molecular formula is C14H15FN2O2S. The summed E-state index contributed by atoms with van der Waals surface area (Å²) in [5, 5.41) is 14.4. The van der Waals surface area contributed by atoms with Gasteiger partial charge in [0.25, 0.3) is 5.91 Å². The van der Waals surface area contributed by atoms with Crippen LogP contribution in [0.25, 0.3) is 0 Å². The average Bonchev–Trinajstić information content (AvgIpc) is 2.80. The van der Waals surface area contributed by atoms with Gasteiger partial charge in [-0.3, -0.25) is 10.1 Å². The first-order chi connectivity index (χ1) is 9.27. The summed E-state index contributed by atoms with van der Waals surface area (Å²) in [6.45, 7) is 6.06. The Morgan fingerprint density at radius 2 is 2.10 bits per heavy atom. The molecule has 0 aliphatic carbocycles. The summed E-state index contributed by atoms with van der Waals surface area (Å²) in [6.07, 6.45) is 0. The Balaban J connectivity index is 2.20. The van der Waals surface area contributed by atoms with Gasteiger partial charge in [-0.2, -0.15) is 0 Å². The van der Waals surface area contributed by atoms with E-state index in [9.17, 15) is 14.3 Å². The highest BCUT2D eigenvalue weighted by Gasteiger charge is 2.19. The van der Waals surface area contributed by atoms with E-state index < -0.39 is 11.7 Å². The molecule has 0 atom stereocenters. The molecule has 2 N–H and O–H groups in total. The monoisotopic (exact) mass is 294 g/mol. The quantitative estimate of drug-likeness (QED) is 0.890. The molecule has 0 bridgehead atoms. The third kappa shape index (κ3) is 3.14. The van der Waals surface area contributed by atoms with Crippen LogP contribution in [0.1, 0.15) is 36.8 Å². The number of aromatic hydroxyl groups is 1. The van der Waals surface area contributed by atoms with Gasteiger partial charge in [-0.15, -0.1) is 11.3 Å². The smallest absolute Gasteiger partial charge is 0.261 e. The Labute approximate surface area is 120 Å². The molecular weight excluding hydrogens is 279 g/mol. The highest BCUT2D eigenvalue weighted by molar-refractivity contribution is 7.14. The zero-order valence-corrected chi connectivity index (χ0v) is 12.2. The van der Waals surface area contributed by atoms with E-state index in [4.69, 9.17) is 0 Å². The van der Waals surface area contributed by atoms with E-state index in [0.29, 0.717) is 5.13 Å². The highest BCUT2D eigenvalue weighted by atomic mass is 32.1. The van der Waals surface area contributed by atoms with E-state index in [1.807, 2.05) is 26.2 Å². The Kier molecular flexibility index (Phi) is 3.76. The third-order valence-electron chi connectivity index (χ3n) is 2.70. The SMILES string of the molecule is CC(C)(C)c1csc(NC(=O)c2cc(F)ccc2O)n1. The van der Waals surface area contributed by atoms with Gasteiger partial charge in [0.15, 0.2) is 5.13 Å². The molecule has 1 aromatic heterocycles. The summed E-state index contributed by atoms with van der Waals surface area (Å²) in [7, 11) is 0. The summed E-state index contributed by atoms with van der Waals surface area (Å²) in [5.74, 6) is -1.43. The van der Waals surface area contributed by atoms with Gasteiger partial charge < -0.3 is 5.11 Å². The number of anilines is 1. The number of hydrogen-bond acceptors (Lipinski definition) is 4. The molecule has 106 valence electrons. The maximum Gasteiger partial charge on any atom is 0.261 e. The van der Waals surface area contributed by atoms with Crippen molar-refractivity contribution in [1.82, 2.24) is 4.98 Å². The fraction of sp³-hybridized carbons (Fsp3) is 0.286. The van der Waals surface area contributed by atoms with E-state index in [-0.39, 0.29) is 16.7 Å². The molecule has 2 rings (SSSR count). The van der Waals surface area contributed by atoms with E-state index in [2.05, 4.69) is 10.3 Å². The van der Waals surface area contributed by atoms with Gasteiger partial charge >= 0.3 is 0 Å². The van der Waals surface area contributed by atoms with Crippen molar-refractivity contribution in [3.05, 3.63) is 40.7 Å². The van der Waals surface area contributed by atoms with Gasteiger partial charge in [0.05, 0.1) is 11.3 Å². The zero-order chi connectivity index (χ0) is 14.9. The number of amides is 1. The Bertz CT molecular complexity index is 647. The van der Waals surface area contributed by atoms with Gasteiger partial charge in [0, 0.05) is 10.8 Å². The summed E-state index contributed by atoms with van der Waals surface area (Å²) in [6, 6.07) is 3.23. The third-order valence-corrected chi connectivity index (χ3v) is 3.45. The topological polar surface area (TPSA) is 62.2 Å². The number of aromatic nitrogens is 1. The average molecular weight is 294 g/mol. The molecule has 4 nitrogen and oxygen atoms in total. The molecule has 0 unspecified atom stereocenters. The molecule has 0 fully saturated rings. The summed E-state index contributed by atoms with van der Waals surface area (Å²) >= 11 is 1.29. The minimum atomic E-state index is -0.586. The number of halogens is 1. The number of carbonyl (C=O) groups excluding carboxylic acids is 1. The number of nitrogens with one attached hydrogen (secondary N) is 1. The Morgan fingerprint density at radius 3 is 2.70 bits per heavy atom. The normalized spacial score (nSPS) is 11.4. The van der Waals surface area contributed by atoms with Crippen molar-refractivity contribution in [2.75, 3.05) is 5.32 Å². The fourth-order valence-electron chi connectivity index (χ4n) is 1.53. The van der Waals surface area contributed by atoms with E-state index in [0.717, 1.165) is 23.9 Å². The lowest BCUT2D eigenvalue weighted by Gasteiger charge is -2.14. The van der Waals surface area contributed by atoms with Gasteiger partial charge in [0.2, 0.25) is 0 Å². The maximum atomic E-state index is 13.1. The van der Waals surface area contributed by atoms with Crippen LogP contribution < -0.4 is 5.32 Å². The lowest BCUT2D eigenvalue weighted by atomic mass is 9.93. The van der Waals surface area contributed by atoms with E-state index in [1.54, 1.807) is 0 Å². The molecule has 0 aliphatic rings. The number of phenolic OH excluding ortho intramolecular Hbond substituents is 1. The van der Waals surface area contributed by atoms with Crippen molar-refractivity contribution in [3.8, 4) is 5.75 Å². The van der Waals surface area contributed by atoms with Crippen LogP contribution in [-0.2, 0) is 5.41 Å². The van der Waals surface area contributed by atoms with Crippen LogP contribution in [0, 0.1) is 5.82 Å². The zero-order valence-electron chi connectivity index (χ0n) is 11.4. The van der Waals surface area contributed by atoms with Crippen molar-refractivity contribution >= 4 is 22.4 Å². The molecule has 6 heteroatoms. The molecule has 1 amide bonds. The van der Waals surface area contributed by atoms with Crippen molar-refractivity contribution in [2.45, 2.75) is 26.2 Å². The standard InChI is InChI=1S/C14H15FN2O2S/c1-14(2,3)11-7-20-13(16-11)17-12(19)9-6-8(15)4-5-10(9)18/h4-7,18H,1-3H3,(H,16,17,19). The molecule has 1 heterocycles. The summed E-state index contributed by atoms with van der Waals surface area (Å²) < 4.78 is 13.1. The number of rotatable bonds is 2. The van der Waals surface area contributed by atoms with Gasteiger partial charge in [-0.25, -0.2) is 9.37 Å². The van der Waals surface area contributed by atoms with Gasteiger partial charge in [-0.1, -0.05) is 20.8 Å². The Morgan fingerprint density at radius 1 is 1.40 bits per heavy atom. The van der Waals surface area contributed by atoms with Crippen molar-refractivity contribution in [2.24, 2.45) is 0 Å². The predicted molar refractivity (Wildman–Crippen MR) is 76.8 cm³/mol. The minimum Gasteiger partial charge on any atom is -0.507 e. The lowest BCUT2D eigenvalue weighted by molar-refractivity contribution is 0.102. The number of carbonyl (C=O) groups is 1. The minimum absolute atomic E-state index is 0.111. The van der Waals surface area contributed by atoms with Crippen LogP contribution in [0.15, 0.2) is 23.6 Å². The Hall–Kier alpha value is -1.95. The second-order valence-corrected chi connectivity index (χ2v) is 6.26. The largest absolute Gasteiger partial charge is 0.507 e. The molecule has 0 saturated carbocycles. The van der Waals surface area contributed by atoms with Crippen LogP contribution in [0.2, 0.25) is 0 Å². The number of hydrogen-bond donors (Lipinski definition) is 2. The molecule has 20 heavy (non-hydrogen) atoms. The van der Waals surface area contributed by atoms with Crippen LogP contribution in [0.4, 0.5) is 9.52 Å². The second kappa shape index (κ2) is 5.20. The predicted octanol–water partition coefficient (Wildman–Crippen LogP) is 3.54. The first kappa shape index (κ1) is 14.5. The van der Waals surface area contributed by atoms with Crippen molar-refractivity contribution < 1.29 is 14.3 Å². The lowest BCUT2D eigenvalue weighted by Crippen LogP contribution is -2.14. The van der Waals surface area contributed by atoms with Crippen LogP contribution >= 0.6 is 11.3 Å². The molecule has 0 spiro atoms. The molecule has 0 radical (unpaired) electrons. The summed E-state index contributed by atoms with van der Waals surface area (Å²) in [4.78, 5) is 16.3. The fourth-order valence-corrected chi connectivity index (χ4v) is 2.46. The van der Waals surface area contributed by atoms with Gasteiger partial charge in [0.1, 0.15) is 11.6 Å². The molecule has 0 aliphatic heterocycles. The van der Waals surface area contributed by atoms with Gasteiger partial charge in [-0.05, 0) is 18.2 Å². The number of benzene rings is 1. The maximum absolute atomic E-state index is 13.1. The molecule has 1 aromatic carbocycles. The van der Waals surface area contributed by atoms with E-state index >= 15 is 0 Å². The van der Waals surface area contributed by atoms with Crippen LogP contribution in [0.3, 0.4) is 0 Å². The van der Waals surface area contributed by atoms with Crippen molar-refractivity contribution in [3.63, 3.8) is 0 Å². The number of nitrogens with zero attached hydrogens (tertiary/aromatic N) is 1. The number of phenols is 1.